The number of hydrogen-bond acceptors (Lipinski definition) is 5. The van der Waals surface area contributed by atoms with Crippen molar-refractivity contribution in [2.45, 2.75) is 25.8 Å². The van der Waals surface area contributed by atoms with Crippen molar-refractivity contribution in [2.75, 3.05) is 26.2 Å². The molecule has 1 amide bonds. The minimum absolute atomic E-state index is 0.0503. The molecule has 8 heteroatoms. The Hall–Kier alpha value is -0.860. The first kappa shape index (κ1) is 13.6. The third kappa shape index (κ3) is 2.76. The molecule has 2 aliphatic heterocycles. The Kier molecular flexibility index (Phi) is 4.08. The average Bonchev–Trinajstić information content (AvgIpc) is 2.75. The SMILES string of the molecule is CCOC(=O)NS(=O)(=O)N1CCCC2CNCC21. The summed E-state index contributed by atoms with van der Waals surface area (Å²) in [7, 11) is -3.79. The van der Waals surface area contributed by atoms with E-state index in [0.717, 1.165) is 19.4 Å². The molecule has 0 bridgehead atoms. The molecule has 2 aliphatic rings. The fraction of sp³-hybridized carbons (Fsp3) is 0.900. The molecule has 2 heterocycles. The number of fused-ring (bicyclic) bond motifs is 1. The molecule has 2 rings (SSSR count). The van der Waals surface area contributed by atoms with Crippen LogP contribution in [0.4, 0.5) is 4.79 Å². The van der Waals surface area contributed by atoms with E-state index in [-0.39, 0.29) is 12.6 Å². The third-order valence-corrected chi connectivity index (χ3v) is 4.92. The van der Waals surface area contributed by atoms with Gasteiger partial charge in [-0.2, -0.15) is 12.7 Å². The lowest BCUT2D eigenvalue weighted by molar-refractivity contribution is 0.156. The minimum Gasteiger partial charge on any atom is -0.449 e. The van der Waals surface area contributed by atoms with Gasteiger partial charge in [0.05, 0.1) is 6.61 Å². The van der Waals surface area contributed by atoms with Crippen LogP contribution in [0.5, 0.6) is 0 Å². The van der Waals surface area contributed by atoms with Crippen LogP contribution >= 0.6 is 0 Å². The summed E-state index contributed by atoms with van der Waals surface area (Å²) in [6.45, 7) is 3.72. The first-order chi connectivity index (χ1) is 8.54. The van der Waals surface area contributed by atoms with Crippen molar-refractivity contribution in [1.29, 1.82) is 0 Å². The summed E-state index contributed by atoms with van der Waals surface area (Å²) in [4.78, 5) is 11.2. The van der Waals surface area contributed by atoms with Crippen LogP contribution in [0.1, 0.15) is 19.8 Å². The Morgan fingerprint density at radius 2 is 2.28 bits per heavy atom. The molecule has 0 aromatic rings. The third-order valence-electron chi connectivity index (χ3n) is 3.42. The van der Waals surface area contributed by atoms with Crippen LogP contribution in [-0.2, 0) is 14.9 Å². The predicted octanol–water partition coefficient (Wildman–Crippen LogP) is -0.339. The summed E-state index contributed by atoms with van der Waals surface area (Å²) in [5.41, 5.74) is 0. The molecular weight excluding hydrogens is 258 g/mol. The smallest absolute Gasteiger partial charge is 0.421 e. The maximum Gasteiger partial charge on any atom is 0.421 e. The van der Waals surface area contributed by atoms with E-state index in [2.05, 4.69) is 10.1 Å². The van der Waals surface area contributed by atoms with Crippen molar-refractivity contribution in [1.82, 2.24) is 14.3 Å². The Morgan fingerprint density at radius 3 is 3.00 bits per heavy atom. The zero-order valence-corrected chi connectivity index (χ0v) is 11.2. The first-order valence-corrected chi connectivity index (χ1v) is 7.65. The highest BCUT2D eigenvalue weighted by Crippen LogP contribution is 2.27. The highest BCUT2D eigenvalue weighted by atomic mass is 32.2. The molecule has 0 spiro atoms. The standard InChI is InChI=1S/C10H19N3O4S/c1-2-17-10(14)12-18(15,16)13-5-3-4-8-6-11-7-9(8)13/h8-9,11H,2-7H2,1H3,(H,12,14). The number of hydrogen-bond donors (Lipinski definition) is 2. The normalized spacial score (nSPS) is 28.7. The Labute approximate surface area is 107 Å². The average molecular weight is 277 g/mol. The number of ether oxygens (including phenoxy) is 1. The molecule has 0 aromatic heterocycles. The lowest BCUT2D eigenvalue weighted by Crippen LogP contribution is -2.53. The van der Waals surface area contributed by atoms with E-state index < -0.39 is 16.3 Å². The van der Waals surface area contributed by atoms with Crippen LogP contribution in [0.25, 0.3) is 0 Å². The summed E-state index contributed by atoms with van der Waals surface area (Å²) in [6, 6.07) is -0.0503. The number of carbonyl (C=O) groups excluding carboxylic acids is 1. The fourth-order valence-electron chi connectivity index (χ4n) is 2.65. The van der Waals surface area contributed by atoms with Gasteiger partial charge in [0.1, 0.15) is 0 Å². The van der Waals surface area contributed by atoms with Crippen LogP contribution < -0.4 is 10.0 Å². The van der Waals surface area contributed by atoms with Crippen LogP contribution in [-0.4, -0.2) is 51.1 Å². The maximum atomic E-state index is 12.1. The van der Waals surface area contributed by atoms with E-state index in [0.29, 0.717) is 19.0 Å². The van der Waals surface area contributed by atoms with Crippen molar-refractivity contribution < 1.29 is 17.9 Å². The molecular formula is C10H19N3O4S. The second-order valence-electron chi connectivity index (χ2n) is 4.57. The van der Waals surface area contributed by atoms with Gasteiger partial charge in [-0.05, 0) is 32.2 Å². The topological polar surface area (TPSA) is 87.7 Å². The van der Waals surface area contributed by atoms with Crippen molar-refractivity contribution in [2.24, 2.45) is 5.92 Å². The largest absolute Gasteiger partial charge is 0.449 e. The number of piperidine rings is 1. The van der Waals surface area contributed by atoms with Gasteiger partial charge in [0.25, 0.3) is 0 Å². The van der Waals surface area contributed by atoms with Gasteiger partial charge in [-0.15, -0.1) is 0 Å². The van der Waals surface area contributed by atoms with Gasteiger partial charge in [0.2, 0.25) is 0 Å². The number of rotatable bonds is 3. The molecule has 2 atom stereocenters. The first-order valence-electron chi connectivity index (χ1n) is 6.21. The van der Waals surface area contributed by atoms with E-state index in [9.17, 15) is 13.2 Å². The minimum atomic E-state index is -3.79. The van der Waals surface area contributed by atoms with Crippen LogP contribution in [0, 0.1) is 5.92 Å². The fourth-order valence-corrected chi connectivity index (χ4v) is 4.01. The summed E-state index contributed by atoms with van der Waals surface area (Å²) < 4.78 is 32.1. The Bertz CT molecular complexity index is 411. The molecule has 18 heavy (non-hydrogen) atoms. The van der Waals surface area contributed by atoms with Gasteiger partial charge < -0.3 is 10.1 Å². The predicted molar refractivity (Wildman–Crippen MR) is 65.2 cm³/mol. The monoisotopic (exact) mass is 277 g/mol. The molecule has 7 nitrogen and oxygen atoms in total. The summed E-state index contributed by atoms with van der Waals surface area (Å²) in [5.74, 6) is 0.345. The summed E-state index contributed by atoms with van der Waals surface area (Å²) in [5, 5.41) is 3.19. The molecule has 2 N–H and O–H groups in total. The highest BCUT2D eigenvalue weighted by molar-refractivity contribution is 7.87. The molecule has 2 fully saturated rings. The van der Waals surface area contributed by atoms with Crippen LogP contribution in [0.15, 0.2) is 0 Å². The summed E-state index contributed by atoms with van der Waals surface area (Å²) >= 11 is 0. The second kappa shape index (κ2) is 5.41. The van der Waals surface area contributed by atoms with Gasteiger partial charge in [-0.3, -0.25) is 0 Å². The van der Waals surface area contributed by atoms with Crippen molar-refractivity contribution in [3.8, 4) is 0 Å². The van der Waals surface area contributed by atoms with Crippen molar-refractivity contribution in [3.05, 3.63) is 0 Å². The highest BCUT2D eigenvalue weighted by Gasteiger charge is 2.41. The van der Waals surface area contributed by atoms with Crippen molar-refractivity contribution in [3.63, 3.8) is 0 Å². The van der Waals surface area contributed by atoms with Gasteiger partial charge >= 0.3 is 16.3 Å². The molecule has 104 valence electrons. The number of nitrogens with one attached hydrogen (secondary N) is 2. The van der Waals surface area contributed by atoms with Crippen LogP contribution in [0.3, 0.4) is 0 Å². The van der Waals surface area contributed by atoms with E-state index in [1.165, 1.54) is 4.31 Å². The maximum absolute atomic E-state index is 12.1. The second-order valence-corrected chi connectivity index (χ2v) is 6.19. The summed E-state index contributed by atoms with van der Waals surface area (Å²) in [6.07, 6.45) is 0.945. The molecule has 0 saturated carbocycles. The quantitative estimate of drug-likeness (QED) is 0.737. The number of nitrogens with zero attached hydrogens (tertiary/aromatic N) is 1. The lowest BCUT2D eigenvalue weighted by Gasteiger charge is -2.35. The van der Waals surface area contributed by atoms with E-state index in [1.54, 1.807) is 6.92 Å². The molecule has 0 aliphatic carbocycles. The molecule has 2 saturated heterocycles. The van der Waals surface area contributed by atoms with Crippen molar-refractivity contribution >= 4 is 16.3 Å². The van der Waals surface area contributed by atoms with E-state index in [4.69, 9.17) is 0 Å². The van der Waals surface area contributed by atoms with Gasteiger partial charge in [-0.25, -0.2) is 9.52 Å². The molecule has 2 unspecified atom stereocenters. The van der Waals surface area contributed by atoms with E-state index >= 15 is 0 Å². The number of carbonyl (C=O) groups is 1. The zero-order valence-electron chi connectivity index (χ0n) is 10.4. The van der Waals surface area contributed by atoms with Gasteiger partial charge in [0.15, 0.2) is 0 Å². The molecule has 0 radical (unpaired) electrons. The number of amides is 1. The van der Waals surface area contributed by atoms with Gasteiger partial charge in [-0.1, -0.05) is 0 Å². The Balaban J connectivity index is 2.06. The lowest BCUT2D eigenvalue weighted by atomic mass is 9.94. The van der Waals surface area contributed by atoms with E-state index in [1.807, 2.05) is 4.72 Å². The Morgan fingerprint density at radius 1 is 1.50 bits per heavy atom. The van der Waals surface area contributed by atoms with Crippen LogP contribution in [0.2, 0.25) is 0 Å². The van der Waals surface area contributed by atoms with Gasteiger partial charge in [0, 0.05) is 19.1 Å². The molecule has 0 aromatic carbocycles. The zero-order chi connectivity index (χ0) is 13.2.